The molecule has 1 aliphatic heterocycles. The molecule has 1 aliphatic rings. The molecule has 0 spiro atoms. The lowest BCUT2D eigenvalue weighted by atomic mass is 10.1. The second kappa shape index (κ2) is 8.34. The van der Waals surface area contributed by atoms with Crippen LogP contribution in [0.4, 0.5) is 11.4 Å². The zero-order valence-electron chi connectivity index (χ0n) is 14.7. The SMILES string of the molecule is CC(NCC(=O)Nc1ccc(N2CCCC2=O)cc1)c1cccc(Cl)c1. The van der Waals surface area contributed by atoms with E-state index in [1.165, 1.54) is 0 Å². The van der Waals surface area contributed by atoms with E-state index in [-0.39, 0.29) is 24.4 Å². The van der Waals surface area contributed by atoms with Crippen LogP contribution in [-0.4, -0.2) is 24.9 Å². The number of halogens is 1. The predicted molar refractivity (Wildman–Crippen MR) is 105 cm³/mol. The van der Waals surface area contributed by atoms with E-state index in [0.29, 0.717) is 17.1 Å². The van der Waals surface area contributed by atoms with Crippen LogP contribution in [0.2, 0.25) is 5.02 Å². The molecule has 1 saturated heterocycles. The van der Waals surface area contributed by atoms with Crippen LogP contribution in [0.15, 0.2) is 48.5 Å². The molecule has 136 valence electrons. The maximum Gasteiger partial charge on any atom is 0.238 e. The maximum absolute atomic E-state index is 12.1. The van der Waals surface area contributed by atoms with E-state index in [9.17, 15) is 9.59 Å². The second-order valence-corrected chi connectivity index (χ2v) is 6.84. The number of carbonyl (C=O) groups excluding carboxylic acids is 2. The lowest BCUT2D eigenvalue weighted by molar-refractivity contribution is -0.117. The van der Waals surface area contributed by atoms with Crippen molar-refractivity contribution < 1.29 is 9.59 Å². The summed E-state index contributed by atoms with van der Waals surface area (Å²) in [6.45, 7) is 2.94. The second-order valence-electron chi connectivity index (χ2n) is 6.40. The van der Waals surface area contributed by atoms with E-state index in [1.54, 1.807) is 4.90 Å². The van der Waals surface area contributed by atoms with Crippen LogP contribution in [0, 0.1) is 0 Å². The molecule has 2 aromatic carbocycles. The highest BCUT2D eigenvalue weighted by molar-refractivity contribution is 6.30. The summed E-state index contributed by atoms with van der Waals surface area (Å²) in [7, 11) is 0. The van der Waals surface area contributed by atoms with Gasteiger partial charge >= 0.3 is 0 Å². The molecular formula is C20H22ClN3O2. The number of carbonyl (C=O) groups is 2. The highest BCUT2D eigenvalue weighted by Gasteiger charge is 2.21. The van der Waals surface area contributed by atoms with Gasteiger partial charge in [-0.3, -0.25) is 9.59 Å². The minimum atomic E-state index is -0.121. The number of hydrogen-bond donors (Lipinski definition) is 2. The van der Waals surface area contributed by atoms with Gasteiger partial charge in [-0.05, 0) is 55.3 Å². The molecular weight excluding hydrogens is 350 g/mol. The van der Waals surface area contributed by atoms with Crippen LogP contribution in [-0.2, 0) is 9.59 Å². The third-order valence-electron chi connectivity index (χ3n) is 4.45. The third-order valence-corrected chi connectivity index (χ3v) is 4.69. The smallest absolute Gasteiger partial charge is 0.238 e. The summed E-state index contributed by atoms with van der Waals surface area (Å²) in [6, 6.07) is 14.9. The zero-order valence-corrected chi connectivity index (χ0v) is 15.4. The Morgan fingerprint density at radius 3 is 2.65 bits per heavy atom. The van der Waals surface area contributed by atoms with Gasteiger partial charge in [-0.1, -0.05) is 23.7 Å². The van der Waals surface area contributed by atoms with Crippen molar-refractivity contribution in [2.24, 2.45) is 0 Å². The lowest BCUT2D eigenvalue weighted by Gasteiger charge is -2.16. The number of nitrogens with one attached hydrogen (secondary N) is 2. The summed E-state index contributed by atoms with van der Waals surface area (Å²) in [4.78, 5) is 25.7. The number of benzene rings is 2. The Morgan fingerprint density at radius 1 is 1.23 bits per heavy atom. The van der Waals surface area contributed by atoms with Gasteiger partial charge < -0.3 is 15.5 Å². The van der Waals surface area contributed by atoms with Gasteiger partial charge in [0.15, 0.2) is 0 Å². The van der Waals surface area contributed by atoms with E-state index in [1.807, 2.05) is 55.5 Å². The Labute approximate surface area is 158 Å². The molecule has 1 atom stereocenters. The van der Waals surface area contributed by atoms with Crippen LogP contribution in [0.3, 0.4) is 0 Å². The van der Waals surface area contributed by atoms with E-state index < -0.39 is 0 Å². The van der Waals surface area contributed by atoms with Crippen molar-refractivity contribution in [2.45, 2.75) is 25.8 Å². The number of nitrogens with zero attached hydrogens (tertiary/aromatic N) is 1. The number of anilines is 2. The normalized spacial score (nSPS) is 15.2. The Hall–Kier alpha value is -2.37. The molecule has 0 radical (unpaired) electrons. The molecule has 1 unspecified atom stereocenters. The summed E-state index contributed by atoms with van der Waals surface area (Å²) in [5.74, 6) is 0.0323. The fraction of sp³-hybridized carbons (Fsp3) is 0.300. The van der Waals surface area contributed by atoms with Crippen LogP contribution in [0.25, 0.3) is 0 Å². The predicted octanol–water partition coefficient (Wildman–Crippen LogP) is 3.76. The fourth-order valence-corrected chi connectivity index (χ4v) is 3.19. The van der Waals surface area contributed by atoms with Gasteiger partial charge in [0.2, 0.25) is 11.8 Å². The summed E-state index contributed by atoms with van der Waals surface area (Å²) in [6.07, 6.45) is 1.50. The van der Waals surface area contributed by atoms with Crippen LogP contribution < -0.4 is 15.5 Å². The molecule has 0 aliphatic carbocycles. The van der Waals surface area contributed by atoms with Gasteiger partial charge in [0.05, 0.1) is 6.54 Å². The van der Waals surface area contributed by atoms with Crippen LogP contribution in [0.1, 0.15) is 31.4 Å². The molecule has 3 rings (SSSR count). The first-order chi connectivity index (χ1) is 12.5. The van der Waals surface area contributed by atoms with Gasteiger partial charge in [0.1, 0.15) is 0 Å². The minimum absolute atomic E-state index is 0.0167. The highest BCUT2D eigenvalue weighted by Crippen LogP contribution is 2.23. The fourth-order valence-electron chi connectivity index (χ4n) is 2.99. The van der Waals surface area contributed by atoms with Crippen molar-refractivity contribution in [2.75, 3.05) is 23.3 Å². The summed E-state index contributed by atoms with van der Waals surface area (Å²) in [5.41, 5.74) is 2.62. The Kier molecular flexibility index (Phi) is 5.91. The number of amides is 2. The van der Waals surface area contributed by atoms with Crippen molar-refractivity contribution in [3.63, 3.8) is 0 Å². The van der Waals surface area contributed by atoms with Crippen molar-refractivity contribution >= 4 is 34.8 Å². The molecule has 0 saturated carbocycles. The van der Waals surface area contributed by atoms with Gasteiger partial charge in [0, 0.05) is 35.4 Å². The van der Waals surface area contributed by atoms with Crippen LogP contribution in [0.5, 0.6) is 0 Å². The molecule has 1 heterocycles. The molecule has 26 heavy (non-hydrogen) atoms. The van der Waals surface area contributed by atoms with E-state index >= 15 is 0 Å². The van der Waals surface area contributed by atoms with Gasteiger partial charge in [-0.25, -0.2) is 0 Å². The molecule has 2 N–H and O–H groups in total. The van der Waals surface area contributed by atoms with Crippen LogP contribution >= 0.6 is 11.6 Å². The summed E-state index contributed by atoms with van der Waals surface area (Å²) < 4.78 is 0. The quantitative estimate of drug-likeness (QED) is 0.812. The highest BCUT2D eigenvalue weighted by atomic mass is 35.5. The van der Waals surface area contributed by atoms with Crippen molar-refractivity contribution in [1.82, 2.24) is 5.32 Å². The van der Waals surface area contributed by atoms with Gasteiger partial charge in [-0.15, -0.1) is 0 Å². The Balaban J connectivity index is 1.51. The average molecular weight is 372 g/mol. The summed E-state index contributed by atoms with van der Waals surface area (Å²) >= 11 is 6.00. The van der Waals surface area contributed by atoms with E-state index in [2.05, 4.69) is 10.6 Å². The van der Waals surface area contributed by atoms with Crippen molar-refractivity contribution in [1.29, 1.82) is 0 Å². The molecule has 0 aromatic heterocycles. The molecule has 0 bridgehead atoms. The van der Waals surface area contributed by atoms with Gasteiger partial charge in [0.25, 0.3) is 0 Å². The molecule has 2 aromatic rings. The first-order valence-electron chi connectivity index (χ1n) is 8.72. The Morgan fingerprint density at radius 2 is 2.00 bits per heavy atom. The number of rotatable bonds is 6. The first-order valence-corrected chi connectivity index (χ1v) is 9.10. The van der Waals surface area contributed by atoms with Crippen molar-refractivity contribution in [3.05, 3.63) is 59.1 Å². The lowest BCUT2D eigenvalue weighted by Crippen LogP contribution is -2.30. The minimum Gasteiger partial charge on any atom is -0.325 e. The molecule has 6 heteroatoms. The van der Waals surface area contributed by atoms with E-state index in [0.717, 1.165) is 24.2 Å². The molecule has 1 fully saturated rings. The summed E-state index contributed by atoms with van der Waals surface area (Å²) in [5, 5.41) is 6.72. The monoisotopic (exact) mass is 371 g/mol. The zero-order chi connectivity index (χ0) is 18.5. The third kappa shape index (κ3) is 4.62. The molecule has 2 amide bonds. The molecule has 5 nitrogen and oxygen atoms in total. The average Bonchev–Trinajstić information content (AvgIpc) is 3.06. The van der Waals surface area contributed by atoms with E-state index in [4.69, 9.17) is 11.6 Å². The first kappa shape index (κ1) is 18.4. The largest absolute Gasteiger partial charge is 0.325 e. The topological polar surface area (TPSA) is 61.4 Å². The Bertz CT molecular complexity index is 792. The standard InChI is InChI=1S/C20H22ClN3O2/c1-14(15-4-2-5-16(21)12-15)22-13-19(25)23-17-7-9-18(10-8-17)24-11-3-6-20(24)26/h2,4-5,7-10,12,14,22H,3,6,11,13H2,1H3,(H,23,25). The van der Waals surface area contributed by atoms with Crippen molar-refractivity contribution in [3.8, 4) is 0 Å². The van der Waals surface area contributed by atoms with Gasteiger partial charge in [-0.2, -0.15) is 0 Å². The number of hydrogen-bond acceptors (Lipinski definition) is 3. The maximum atomic E-state index is 12.1.